The summed E-state index contributed by atoms with van der Waals surface area (Å²) in [6.45, 7) is 7.35. The minimum Gasteiger partial charge on any atom is -0.494 e. The zero-order valence-electron chi connectivity index (χ0n) is 17.7. The van der Waals surface area contributed by atoms with Crippen LogP contribution < -0.4 is 25.0 Å². The molecule has 0 spiro atoms. The third-order valence-corrected chi connectivity index (χ3v) is 4.68. The van der Waals surface area contributed by atoms with Crippen molar-refractivity contribution < 1.29 is 14.3 Å². The minimum atomic E-state index is -0.0122. The van der Waals surface area contributed by atoms with E-state index < -0.39 is 0 Å². The van der Waals surface area contributed by atoms with E-state index in [1.165, 1.54) is 0 Å². The van der Waals surface area contributed by atoms with Crippen LogP contribution in [-0.2, 0) is 11.3 Å². The zero-order chi connectivity index (χ0) is 21.2. The predicted octanol–water partition coefficient (Wildman–Crippen LogP) is 2.96. The van der Waals surface area contributed by atoms with E-state index in [-0.39, 0.29) is 12.5 Å². The summed E-state index contributed by atoms with van der Waals surface area (Å²) in [5.74, 6) is 2.36. The Hall–Kier alpha value is -3.22. The number of hydrogen-bond donors (Lipinski definition) is 2. The number of rotatable bonds is 9. The second-order valence-electron chi connectivity index (χ2n) is 6.82. The number of carbonyl (C=O) groups is 1. The van der Waals surface area contributed by atoms with Crippen molar-refractivity contribution in [2.45, 2.75) is 26.8 Å². The molecule has 2 aromatic carbocycles. The van der Waals surface area contributed by atoms with E-state index in [1.807, 2.05) is 62.4 Å². The van der Waals surface area contributed by atoms with E-state index >= 15 is 0 Å². The van der Waals surface area contributed by atoms with Crippen molar-refractivity contribution in [3.63, 3.8) is 0 Å². The summed E-state index contributed by atoms with van der Waals surface area (Å²) in [4.78, 5) is 18.7. The number of carbonyl (C=O) groups excluding carboxylic acids is 1. The van der Waals surface area contributed by atoms with E-state index in [0.717, 1.165) is 41.7 Å². The average molecular weight is 411 g/mol. The molecule has 0 saturated heterocycles. The quantitative estimate of drug-likeness (QED) is 0.378. The minimum absolute atomic E-state index is 0.0122. The van der Waals surface area contributed by atoms with Gasteiger partial charge in [-0.05, 0) is 38.5 Å². The Balaban J connectivity index is 1.54. The number of anilines is 1. The van der Waals surface area contributed by atoms with Gasteiger partial charge in [0.05, 0.1) is 18.8 Å². The first-order valence-corrected chi connectivity index (χ1v) is 10.5. The summed E-state index contributed by atoms with van der Waals surface area (Å²) in [6.07, 6.45) is 0.792. The van der Waals surface area contributed by atoms with Gasteiger partial charge in [-0.3, -0.25) is 4.79 Å². The summed E-state index contributed by atoms with van der Waals surface area (Å²) in [5.41, 5.74) is 1.88. The number of amides is 1. The van der Waals surface area contributed by atoms with Gasteiger partial charge in [-0.15, -0.1) is 0 Å². The van der Waals surface area contributed by atoms with Gasteiger partial charge in [0.25, 0.3) is 5.91 Å². The lowest BCUT2D eigenvalue weighted by Gasteiger charge is -2.29. The summed E-state index contributed by atoms with van der Waals surface area (Å²) in [7, 11) is 0. The van der Waals surface area contributed by atoms with Gasteiger partial charge in [-0.25, -0.2) is 4.99 Å². The van der Waals surface area contributed by atoms with Crippen molar-refractivity contribution in [1.82, 2.24) is 10.6 Å². The van der Waals surface area contributed by atoms with Crippen LogP contribution in [0.4, 0.5) is 5.69 Å². The SMILES string of the molecule is CCNC(=NCc1ccccc1OCC)NCCCN1C(=O)COc2ccccc21. The second-order valence-corrected chi connectivity index (χ2v) is 6.82. The molecule has 0 bridgehead atoms. The number of ether oxygens (including phenoxy) is 2. The third-order valence-electron chi connectivity index (χ3n) is 4.68. The maximum absolute atomic E-state index is 12.3. The van der Waals surface area contributed by atoms with Crippen LogP contribution in [0.5, 0.6) is 11.5 Å². The van der Waals surface area contributed by atoms with Gasteiger partial charge in [0.15, 0.2) is 12.6 Å². The first-order chi connectivity index (χ1) is 14.7. The molecular weight excluding hydrogens is 380 g/mol. The zero-order valence-corrected chi connectivity index (χ0v) is 17.7. The Morgan fingerprint density at radius 3 is 2.77 bits per heavy atom. The summed E-state index contributed by atoms with van der Waals surface area (Å²) in [5, 5.41) is 6.61. The van der Waals surface area contributed by atoms with Crippen LogP contribution in [0.25, 0.3) is 0 Å². The van der Waals surface area contributed by atoms with Gasteiger partial charge in [0.1, 0.15) is 11.5 Å². The smallest absolute Gasteiger partial charge is 0.265 e. The molecule has 0 saturated carbocycles. The Morgan fingerprint density at radius 2 is 1.93 bits per heavy atom. The molecule has 1 amide bonds. The molecule has 3 rings (SSSR count). The fraction of sp³-hybridized carbons (Fsp3) is 0.391. The molecule has 160 valence electrons. The van der Waals surface area contributed by atoms with Crippen LogP contribution in [0.3, 0.4) is 0 Å². The molecule has 2 aromatic rings. The third kappa shape index (κ3) is 5.65. The number of para-hydroxylation sites is 3. The summed E-state index contributed by atoms with van der Waals surface area (Å²) >= 11 is 0. The number of hydrogen-bond acceptors (Lipinski definition) is 4. The maximum atomic E-state index is 12.3. The number of fused-ring (bicyclic) bond motifs is 1. The standard InChI is InChI=1S/C23H30N4O3/c1-3-24-23(26-16-18-10-5-7-12-20(18)29-4-2)25-14-9-15-27-19-11-6-8-13-21(19)30-17-22(27)28/h5-8,10-13H,3-4,9,14-17H2,1-2H3,(H2,24,25,26). The van der Waals surface area contributed by atoms with Gasteiger partial charge in [-0.1, -0.05) is 30.3 Å². The van der Waals surface area contributed by atoms with Gasteiger partial charge >= 0.3 is 0 Å². The highest BCUT2D eigenvalue weighted by Gasteiger charge is 2.24. The van der Waals surface area contributed by atoms with Crippen LogP contribution in [0.15, 0.2) is 53.5 Å². The molecule has 0 unspecified atom stereocenters. The van der Waals surface area contributed by atoms with Crippen molar-refractivity contribution in [2.24, 2.45) is 4.99 Å². The lowest BCUT2D eigenvalue weighted by Crippen LogP contribution is -2.42. The fourth-order valence-corrected chi connectivity index (χ4v) is 3.28. The van der Waals surface area contributed by atoms with E-state index in [4.69, 9.17) is 9.47 Å². The van der Waals surface area contributed by atoms with Crippen molar-refractivity contribution in [3.8, 4) is 11.5 Å². The molecular formula is C23H30N4O3. The number of nitrogens with one attached hydrogen (secondary N) is 2. The van der Waals surface area contributed by atoms with Crippen molar-refractivity contribution in [3.05, 3.63) is 54.1 Å². The molecule has 7 nitrogen and oxygen atoms in total. The number of aliphatic imine (C=N–C) groups is 1. The van der Waals surface area contributed by atoms with E-state index in [0.29, 0.717) is 26.2 Å². The van der Waals surface area contributed by atoms with E-state index in [9.17, 15) is 4.79 Å². The van der Waals surface area contributed by atoms with Gasteiger partial charge < -0.3 is 25.0 Å². The molecule has 0 atom stereocenters. The number of nitrogens with zero attached hydrogens (tertiary/aromatic N) is 2. The second kappa shape index (κ2) is 11.1. The Labute approximate surface area is 178 Å². The number of guanidine groups is 1. The highest BCUT2D eigenvalue weighted by atomic mass is 16.5. The highest BCUT2D eigenvalue weighted by molar-refractivity contribution is 5.97. The highest BCUT2D eigenvalue weighted by Crippen LogP contribution is 2.31. The molecule has 1 aliphatic rings. The molecule has 30 heavy (non-hydrogen) atoms. The van der Waals surface area contributed by atoms with Crippen LogP contribution >= 0.6 is 0 Å². The summed E-state index contributed by atoms with van der Waals surface area (Å²) < 4.78 is 11.2. The van der Waals surface area contributed by atoms with Crippen molar-refractivity contribution in [1.29, 1.82) is 0 Å². The van der Waals surface area contributed by atoms with Crippen LogP contribution in [0.1, 0.15) is 25.8 Å². The molecule has 2 N–H and O–H groups in total. The normalized spacial score (nSPS) is 13.5. The van der Waals surface area contributed by atoms with Crippen LogP contribution in [0, 0.1) is 0 Å². The Bertz CT molecular complexity index is 869. The first-order valence-electron chi connectivity index (χ1n) is 10.5. The predicted molar refractivity (Wildman–Crippen MR) is 119 cm³/mol. The van der Waals surface area contributed by atoms with Gasteiger partial charge in [0.2, 0.25) is 0 Å². The van der Waals surface area contributed by atoms with Crippen molar-refractivity contribution >= 4 is 17.6 Å². The van der Waals surface area contributed by atoms with E-state index in [1.54, 1.807) is 4.90 Å². The molecule has 0 fully saturated rings. The number of benzene rings is 2. The van der Waals surface area contributed by atoms with Gasteiger partial charge in [-0.2, -0.15) is 0 Å². The van der Waals surface area contributed by atoms with E-state index in [2.05, 4.69) is 15.6 Å². The largest absolute Gasteiger partial charge is 0.494 e. The molecule has 0 aliphatic carbocycles. The van der Waals surface area contributed by atoms with Crippen LogP contribution in [0.2, 0.25) is 0 Å². The molecule has 1 heterocycles. The Morgan fingerprint density at radius 1 is 1.13 bits per heavy atom. The average Bonchev–Trinajstić information content (AvgIpc) is 2.77. The first kappa shape index (κ1) is 21.5. The monoisotopic (exact) mass is 410 g/mol. The summed E-state index contributed by atoms with van der Waals surface area (Å²) in [6, 6.07) is 15.6. The lowest BCUT2D eigenvalue weighted by atomic mass is 10.2. The molecule has 7 heteroatoms. The molecule has 0 radical (unpaired) electrons. The Kier molecular flexibility index (Phi) is 7.94. The molecule has 1 aliphatic heterocycles. The van der Waals surface area contributed by atoms with Gasteiger partial charge in [0, 0.05) is 25.2 Å². The maximum Gasteiger partial charge on any atom is 0.265 e. The lowest BCUT2D eigenvalue weighted by molar-refractivity contribution is -0.121. The fourth-order valence-electron chi connectivity index (χ4n) is 3.28. The molecule has 0 aromatic heterocycles. The topological polar surface area (TPSA) is 75.2 Å². The van der Waals surface area contributed by atoms with Crippen molar-refractivity contribution in [2.75, 3.05) is 37.7 Å². The van der Waals surface area contributed by atoms with Crippen LogP contribution in [-0.4, -0.2) is 44.7 Å².